The Balaban J connectivity index is 1.63. The first-order valence-electron chi connectivity index (χ1n) is 8.71. The van der Waals surface area contributed by atoms with Crippen molar-refractivity contribution in [2.75, 3.05) is 12.4 Å². The van der Waals surface area contributed by atoms with Crippen LogP contribution in [0.2, 0.25) is 5.02 Å². The van der Waals surface area contributed by atoms with E-state index >= 15 is 0 Å². The van der Waals surface area contributed by atoms with Gasteiger partial charge in [-0.3, -0.25) is 0 Å². The third-order valence-corrected chi connectivity index (χ3v) is 6.81. The molecule has 6 nitrogen and oxygen atoms in total. The minimum absolute atomic E-state index is 0.186. The van der Waals surface area contributed by atoms with Crippen LogP contribution in [0, 0.1) is 0 Å². The molecule has 0 saturated heterocycles. The van der Waals surface area contributed by atoms with Crippen LogP contribution in [-0.2, 0) is 22.1 Å². The summed E-state index contributed by atoms with van der Waals surface area (Å²) in [7, 11) is -3.47. The number of benzene rings is 2. The molecular formula is C19H20ClN3O3S2. The smallest absolute Gasteiger partial charge is 0.191 e. The molecule has 148 valence electrons. The fraction of sp³-hybridized carbons (Fsp3) is 0.263. The van der Waals surface area contributed by atoms with Crippen LogP contribution in [0.4, 0.5) is 0 Å². The Labute approximate surface area is 173 Å². The third kappa shape index (κ3) is 5.06. The molecule has 3 rings (SSSR count). The predicted octanol–water partition coefficient (Wildman–Crippen LogP) is 4.10. The van der Waals surface area contributed by atoms with Gasteiger partial charge >= 0.3 is 0 Å². The second kappa shape index (κ2) is 9.45. The number of nitrogens with zero attached hydrogens (tertiary/aromatic N) is 3. The van der Waals surface area contributed by atoms with Gasteiger partial charge in [0.15, 0.2) is 15.0 Å². The molecule has 0 aliphatic heterocycles. The summed E-state index contributed by atoms with van der Waals surface area (Å²) in [4.78, 5) is 0.281. The van der Waals surface area contributed by atoms with Gasteiger partial charge in [-0.05, 0) is 31.2 Å². The molecule has 2 aromatic carbocycles. The van der Waals surface area contributed by atoms with Gasteiger partial charge in [0.25, 0.3) is 0 Å². The monoisotopic (exact) mass is 437 g/mol. The Morgan fingerprint density at radius 2 is 1.79 bits per heavy atom. The number of hydrogen-bond acceptors (Lipinski definition) is 6. The molecule has 1 aromatic heterocycles. The van der Waals surface area contributed by atoms with Crippen molar-refractivity contribution in [3.63, 3.8) is 0 Å². The van der Waals surface area contributed by atoms with Gasteiger partial charge in [0.2, 0.25) is 0 Å². The standard InChI is InChI=1S/C19H20ClN3O3S2/c1-2-23-18(14-28(24,25)15-8-4-3-5-9-15)21-22-19(23)27-13-12-26-17-11-7-6-10-16(17)20/h3-11H,2,12-14H2,1H3. The molecule has 3 aromatic rings. The van der Waals surface area contributed by atoms with Crippen LogP contribution in [0.1, 0.15) is 12.7 Å². The van der Waals surface area contributed by atoms with Crippen molar-refractivity contribution in [1.29, 1.82) is 0 Å². The summed E-state index contributed by atoms with van der Waals surface area (Å²) < 4.78 is 32.7. The van der Waals surface area contributed by atoms with Crippen LogP contribution in [0.5, 0.6) is 5.75 Å². The summed E-state index contributed by atoms with van der Waals surface area (Å²) in [5, 5.41) is 9.49. The Morgan fingerprint density at radius 1 is 1.07 bits per heavy atom. The summed E-state index contributed by atoms with van der Waals surface area (Å²) >= 11 is 7.53. The highest BCUT2D eigenvalue weighted by atomic mass is 35.5. The number of thioether (sulfide) groups is 1. The van der Waals surface area contributed by atoms with Gasteiger partial charge in [-0.25, -0.2) is 8.42 Å². The minimum atomic E-state index is -3.47. The van der Waals surface area contributed by atoms with Crippen LogP contribution in [0.3, 0.4) is 0 Å². The second-order valence-corrected chi connectivity index (χ2v) is 9.30. The Morgan fingerprint density at radius 3 is 2.50 bits per heavy atom. The number of sulfone groups is 1. The lowest BCUT2D eigenvalue weighted by molar-refractivity contribution is 0.344. The molecule has 9 heteroatoms. The molecule has 0 unspecified atom stereocenters. The Bertz CT molecular complexity index is 1020. The van der Waals surface area contributed by atoms with Crippen LogP contribution in [0.25, 0.3) is 0 Å². The van der Waals surface area contributed by atoms with E-state index in [1.54, 1.807) is 36.4 Å². The molecule has 28 heavy (non-hydrogen) atoms. The molecule has 0 aliphatic carbocycles. The van der Waals surface area contributed by atoms with E-state index in [1.165, 1.54) is 11.8 Å². The first kappa shape index (κ1) is 20.7. The summed E-state index contributed by atoms with van der Waals surface area (Å²) in [6, 6.07) is 15.7. The minimum Gasteiger partial charge on any atom is -0.491 e. The van der Waals surface area contributed by atoms with Crippen molar-refractivity contribution >= 4 is 33.2 Å². The van der Waals surface area contributed by atoms with E-state index in [-0.39, 0.29) is 10.6 Å². The van der Waals surface area contributed by atoms with Gasteiger partial charge in [-0.2, -0.15) is 0 Å². The van der Waals surface area contributed by atoms with E-state index in [4.69, 9.17) is 16.3 Å². The average Bonchev–Trinajstić information content (AvgIpc) is 3.08. The van der Waals surface area contributed by atoms with Crippen molar-refractivity contribution in [2.45, 2.75) is 29.3 Å². The van der Waals surface area contributed by atoms with Crippen LogP contribution in [-0.4, -0.2) is 35.5 Å². The van der Waals surface area contributed by atoms with Crippen molar-refractivity contribution in [2.24, 2.45) is 0 Å². The summed E-state index contributed by atoms with van der Waals surface area (Å²) in [5.74, 6) is 1.51. The fourth-order valence-electron chi connectivity index (χ4n) is 2.58. The number of halogens is 1. The number of hydrogen-bond donors (Lipinski definition) is 0. The van der Waals surface area contributed by atoms with Crippen LogP contribution in [0.15, 0.2) is 64.6 Å². The Hall–Kier alpha value is -2.03. The third-order valence-electron chi connectivity index (χ3n) is 3.94. The lowest BCUT2D eigenvalue weighted by Crippen LogP contribution is -2.11. The first-order chi connectivity index (χ1) is 13.5. The Kier molecular flexibility index (Phi) is 6.98. The van der Waals surface area contributed by atoms with E-state index in [2.05, 4.69) is 10.2 Å². The highest BCUT2D eigenvalue weighted by Gasteiger charge is 2.20. The number of rotatable bonds is 9. The SMILES string of the molecule is CCn1c(CS(=O)(=O)c2ccccc2)nnc1SCCOc1ccccc1Cl. The molecular weight excluding hydrogens is 418 g/mol. The van der Waals surface area contributed by atoms with Crippen LogP contribution < -0.4 is 4.74 Å². The largest absolute Gasteiger partial charge is 0.491 e. The van der Waals surface area contributed by atoms with Crippen molar-refractivity contribution < 1.29 is 13.2 Å². The highest BCUT2D eigenvalue weighted by Crippen LogP contribution is 2.24. The molecule has 0 atom stereocenters. The molecule has 0 N–H and O–H groups in total. The van der Waals surface area contributed by atoms with E-state index in [9.17, 15) is 8.42 Å². The van der Waals surface area contributed by atoms with Gasteiger partial charge in [0.05, 0.1) is 16.5 Å². The zero-order chi connectivity index (χ0) is 20.0. The first-order valence-corrected chi connectivity index (χ1v) is 11.7. The van der Waals surface area contributed by atoms with Gasteiger partial charge in [0, 0.05) is 12.3 Å². The molecule has 0 radical (unpaired) electrons. The predicted molar refractivity (Wildman–Crippen MR) is 111 cm³/mol. The number of aromatic nitrogens is 3. The van der Waals surface area contributed by atoms with Gasteiger partial charge in [-0.15, -0.1) is 10.2 Å². The maximum atomic E-state index is 12.6. The maximum absolute atomic E-state index is 12.6. The van der Waals surface area contributed by atoms with Gasteiger partial charge in [-0.1, -0.05) is 53.7 Å². The van der Waals surface area contributed by atoms with E-state index in [1.807, 2.05) is 29.7 Å². The van der Waals surface area contributed by atoms with E-state index in [0.29, 0.717) is 40.7 Å². The molecule has 1 heterocycles. The molecule has 0 bridgehead atoms. The maximum Gasteiger partial charge on any atom is 0.191 e. The molecule has 0 aliphatic rings. The zero-order valence-electron chi connectivity index (χ0n) is 15.3. The van der Waals surface area contributed by atoms with Crippen molar-refractivity contribution in [1.82, 2.24) is 14.8 Å². The zero-order valence-corrected chi connectivity index (χ0v) is 17.7. The molecule has 0 amide bonds. The van der Waals surface area contributed by atoms with Gasteiger partial charge in [0.1, 0.15) is 17.3 Å². The molecule has 0 fully saturated rings. The number of ether oxygens (including phenoxy) is 1. The van der Waals surface area contributed by atoms with Crippen molar-refractivity contribution in [3.8, 4) is 5.75 Å². The number of para-hydroxylation sites is 1. The fourth-order valence-corrected chi connectivity index (χ4v) is 4.90. The topological polar surface area (TPSA) is 74.1 Å². The van der Waals surface area contributed by atoms with Gasteiger partial charge < -0.3 is 9.30 Å². The highest BCUT2D eigenvalue weighted by molar-refractivity contribution is 7.99. The van der Waals surface area contributed by atoms with E-state index in [0.717, 1.165) is 0 Å². The summed E-state index contributed by atoms with van der Waals surface area (Å²) in [5.41, 5.74) is 0. The van der Waals surface area contributed by atoms with Crippen molar-refractivity contribution in [3.05, 3.63) is 65.4 Å². The second-order valence-electron chi connectivity index (χ2n) is 5.84. The lowest BCUT2D eigenvalue weighted by atomic mass is 10.3. The summed E-state index contributed by atoms with van der Waals surface area (Å²) in [6.07, 6.45) is 0. The lowest BCUT2D eigenvalue weighted by Gasteiger charge is -2.09. The van der Waals surface area contributed by atoms with Crippen LogP contribution >= 0.6 is 23.4 Å². The van der Waals surface area contributed by atoms with E-state index < -0.39 is 9.84 Å². The average molecular weight is 438 g/mol. The normalized spacial score (nSPS) is 11.5. The molecule has 0 saturated carbocycles. The molecule has 0 spiro atoms. The quantitative estimate of drug-likeness (QED) is 0.370. The summed E-state index contributed by atoms with van der Waals surface area (Å²) in [6.45, 7) is 2.97.